The number of hydrogen-bond donors (Lipinski definition) is 0. The summed E-state index contributed by atoms with van der Waals surface area (Å²) >= 11 is 0. The zero-order valence-electron chi connectivity index (χ0n) is 15.2. The highest BCUT2D eigenvalue weighted by Gasteiger charge is 2.59. The highest BCUT2D eigenvalue weighted by molar-refractivity contribution is 5.95. The van der Waals surface area contributed by atoms with Gasteiger partial charge in [0.05, 0.1) is 12.2 Å². The molecule has 0 heterocycles. The Labute approximate surface area is 145 Å². The van der Waals surface area contributed by atoms with Crippen molar-refractivity contribution in [2.45, 2.75) is 64.9 Å². The largest absolute Gasteiger partial charge is 0.381 e. The molecule has 2 unspecified atom stereocenters. The van der Waals surface area contributed by atoms with E-state index in [1.54, 1.807) is 0 Å². The average Bonchev–Trinajstić information content (AvgIpc) is 2.91. The summed E-state index contributed by atoms with van der Waals surface area (Å²) in [5, 5.41) is 9.40. The number of ketones is 1. The normalized spacial score (nSPS) is 50.3. The van der Waals surface area contributed by atoms with Crippen molar-refractivity contribution >= 4 is 5.78 Å². The number of allylic oxidation sites excluding steroid dienone is 1. The van der Waals surface area contributed by atoms with Crippen LogP contribution in [0.3, 0.4) is 0 Å². The van der Waals surface area contributed by atoms with Crippen LogP contribution >= 0.6 is 0 Å². The highest BCUT2D eigenvalue weighted by atomic mass is 16.5. The molecule has 0 aromatic carbocycles. The Kier molecular flexibility index (Phi) is 3.69. The van der Waals surface area contributed by atoms with Crippen molar-refractivity contribution in [1.82, 2.24) is 0 Å². The lowest BCUT2D eigenvalue weighted by atomic mass is 9.46. The van der Waals surface area contributed by atoms with Gasteiger partial charge in [0, 0.05) is 7.11 Å². The van der Waals surface area contributed by atoms with E-state index in [0.29, 0.717) is 17.4 Å². The molecule has 7 atom stereocenters. The molecule has 0 radical (unpaired) electrons. The SMILES string of the molecule is COC1CC[C@H]2[C@@H]3CCC4=CC(=O)C(C#N)C[C@]4(C)[C@@H]3CC[C@]12C. The zero-order chi connectivity index (χ0) is 17.1. The zero-order valence-corrected chi connectivity index (χ0v) is 15.2. The van der Waals surface area contributed by atoms with Gasteiger partial charge in [0.2, 0.25) is 0 Å². The van der Waals surface area contributed by atoms with Crippen molar-refractivity contribution in [1.29, 1.82) is 5.26 Å². The van der Waals surface area contributed by atoms with Gasteiger partial charge in [-0.05, 0) is 79.6 Å². The van der Waals surface area contributed by atoms with E-state index in [0.717, 1.165) is 24.7 Å². The van der Waals surface area contributed by atoms with Crippen LogP contribution in [0.5, 0.6) is 0 Å². The predicted octanol–water partition coefficient (Wildman–Crippen LogP) is 4.28. The molecular formula is C21H29NO2. The Morgan fingerprint density at radius 2 is 2.00 bits per heavy atom. The fraction of sp³-hybridized carbons (Fsp3) is 0.810. The third-order valence-electron chi connectivity index (χ3n) is 8.38. The number of nitriles is 1. The number of fused-ring (bicyclic) bond motifs is 5. The summed E-state index contributed by atoms with van der Waals surface area (Å²) in [7, 11) is 1.87. The van der Waals surface area contributed by atoms with Crippen molar-refractivity contribution in [2.75, 3.05) is 7.11 Å². The molecule has 0 aromatic rings. The molecular weight excluding hydrogens is 298 g/mol. The van der Waals surface area contributed by atoms with Gasteiger partial charge in [0.1, 0.15) is 5.92 Å². The van der Waals surface area contributed by atoms with Gasteiger partial charge in [-0.25, -0.2) is 0 Å². The first-order valence-corrected chi connectivity index (χ1v) is 9.61. The van der Waals surface area contributed by atoms with Crippen LogP contribution in [0, 0.1) is 45.8 Å². The smallest absolute Gasteiger partial charge is 0.172 e. The van der Waals surface area contributed by atoms with Crippen molar-refractivity contribution < 1.29 is 9.53 Å². The van der Waals surface area contributed by atoms with Crippen LogP contribution in [0.1, 0.15) is 58.8 Å². The number of hydrogen-bond acceptors (Lipinski definition) is 3. The molecule has 3 saturated carbocycles. The second kappa shape index (κ2) is 5.43. The fourth-order valence-corrected chi connectivity index (χ4v) is 7.09. The maximum Gasteiger partial charge on any atom is 0.172 e. The number of nitrogens with zero attached hydrogens (tertiary/aromatic N) is 1. The van der Waals surface area contributed by atoms with E-state index >= 15 is 0 Å². The minimum atomic E-state index is -0.430. The summed E-state index contributed by atoms with van der Waals surface area (Å²) in [6.07, 6.45) is 10.2. The number of methoxy groups -OCH3 is 1. The first-order chi connectivity index (χ1) is 11.4. The summed E-state index contributed by atoms with van der Waals surface area (Å²) in [5.74, 6) is 1.73. The van der Waals surface area contributed by atoms with Crippen molar-refractivity contribution in [3.8, 4) is 6.07 Å². The van der Waals surface area contributed by atoms with Crippen LogP contribution < -0.4 is 0 Å². The molecule has 0 aliphatic heterocycles. The molecule has 0 saturated heterocycles. The van der Waals surface area contributed by atoms with E-state index in [1.165, 1.54) is 37.7 Å². The molecule has 24 heavy (non-hydrogen) atoms. The second-order valence-electron chi connectivity index (χ2n) is 9.14. The summed E-state index contributed by atoms with van der Waals surface area (Å²) in [5.41, 5.74) is 1.72. The lowest BCUT2D eigenvalue weighted by molar-refractivity contribution is -0.121. The summed E-state index contributed by atoms with van der Waals surface area (Å²) in [6.45, 7) is 4.79. The van der Waals surface area contributed by atoms with E-state index in [2.05, 4.69) is 19.9 Å². The topological polar surface area (TPSA) is 50.1 Å². The molecule has 4 aliphatic rings. The summed E-state index contributed by atoms with van der Waals surface area (Å²) < 4.78 is 5.84. The van der Waals surface area contributed by atoms with Crippen LogP contribution in [0.4, 0.5) is 0 Å². The van der Waals surface area contributed by atoms with Gasteiger partial charge in [0.25, 0.3) is 0 Å². The molecule has 4 aliphatic carbocycles. The van der Waals surface area contributed by atoms with Gasteiger partial charge in [-0.3, -0.25) is 4.79 Å². The van der Waals surface area contributed by atoms with Crippen LogP contribution in [-0.2, 0) is 9.53 Å². The molecule has 3 nitrogen and oxygen atoms in total. The Balaban J connectivity index is 1.68. The number of carbonyl (C=O) groups is 1. The van der Waals surface area contributed by atoms with Crippen molar-refractivity contribution in [2.24, 2.45) is 34.5 Å². The number of rotatable bonds is 1. The molecule has 4 rings (SSSR count). The Morgan fingerprint density at radius 3 is 2.71 bits per heavy atom. The minimum Gasteiger partial charge on any atom is -0.381 e. The third kappa shape index (κ3) is 2.02. The second-order valence-corrected chi connectivity index (χ2v) is 9.14. The monoisotopic (exact) mass is 327 g/mol. The molecule has 0 amide bonds. The average molecular weight is 327 g/mol. The predicted molar refractivity (Wildman–Crippen MR) is 92.0 cm³/mol. The maximum absolute atomic E-state index is 12.2. The standard InChI is InChI=1S/C21H29NO2/c1-20-9-8-17-15(16(20)6-7-19(20)24-3)5-4-14-10-18(23)13(12-22)11-21(14,17)2/h10,13,15-17,19H,4-9,11H2,1-3H3/t13?,15-,16-,17+,19?,20-,21-/m0/s1. The fourth-order valence-electron chi connectivity index (χ4n) is 7.09. The van der Waals surface area contributed by atoms with Crippen LogP contribution in [0.25, 0.3) is 0 Å². The first-order valence-electron chi connectivity index (χ1n) is 9.61. The molecule has 3 fully saturated rings. The van der Waals surface area contributed by atoms with Gasteiger partial charge in [-0.15, -0.1) is 0 Å². The minimum absolute atomic E-state index is 0.0457. The van der Waals surface area contributed by atoms with Gasteiger partial charge < -0.3 is 4.74 Å². The molecule has 0 spiro atoms. The lowest BCUT2D eigenvalue weighted by Crippen LogP contribution is -2.52. The van der Waals surface area contributed by atoms with E-state index in [-0.39, 0.29) is 11.2 Å². The van der Waals surface area contributed by atoms with Crippen LogP contribution in [0.2, 0.25) is 0 Å². The van der Waals surface area contributed by atoms with E-state index in [1.807, 2.05) is 13.2 Å². The summed E-state index contributed by atoms with van der Waals surface area (Å²) in [4.78, 5) is 12.2. The Hall–Kier alpha value is -1.14. The Morgan fingerprint density at radius 1 is 1.21 bits per heavy atom. The van der Waals surface area contributed by atoms with Gasteiger partial charge in [0.15, 0.2) is 5.78 Å². The molecule has 3 heteroatoms. The highest BCUT2D eigenvalue weighted by Crippen LogP contribution is 2.65. The van der Waals surface area contributed by atoms with Crippen LogP contribution in [-0.4, -0.2) is 19.0 Å². The van der Waals surface area contributed by atoms with E-state index in [9.17, 15) is 10.1 Å². The van der Waals surface area contributed by atoms with Crippen LogP contribution in [0.15, 0.2) is 11.6 Å². The molecule has 0 aromatic heterocycles. The molecule has 0 N–H and O–H groups in total. The maximum atomic E-state index is 12.2. The van der Waals surface area contributed by atoms with Gasteiger partial charge >= 0.3 is 0 Å². The van der Waals surface area contributed by atoms with E-state index < -0.39 is 5.92 Å². The quantitative estimate of drug-likeness (QED) is 0.722. The first kappa shape index (κ1) is 16.3. The van der Waals surface area contributed by atoms with E-state index in [4.69, 9.17) is 4.74 Å². The number of ether oxygens (including phenoxy) is 1. The Bertz CT molecular complexity index is 632. The molecule has 0 bridgehead atoms. The summed E-state index contributed by atoms with van der Waals surface area (Å²) in [6, 6.07) is 2.26. The van der Waals surface area contributed by atoms with Gasteiger partial charge in [-0.2, -0.15) is 5.26 Å². The van der Waals surface area contributed by atoms with Crippen molar-refractivity contribution in [3.05, 3.63) is 11.6 Å². The third-order valence-corrected chi connectivity index (χ3v) is 8.38. The number of carbonyl (C=O) groups excluding carboxylic acids is 1. The van der Waals surface area contributed by atoms with Crippen molar-refractivity contribution in [3.63, 3.8) is 0 Å². The van der Waals surface area contributed by atoms with Gasteiger partial charge in [-0.1, -0.05) is 19.4 Å². The lowest BCUT2D eigenvalue weighted by Gasteiger charge is -2.58. The molecule has 130 valence electrons.